The molecule has 0 atom stereocenters. The van der Waals surface area contributed by atoms with Gasteiger partial charge in [-0.2, -0.15) is 0 Å². The Morgan fingerprint density at radius 1 is 1.26 bits per heavy atom. The number of benzene rings is 1. The lowest BCUT2D eigenvalue weighted by Crippen LogP contribution is -2.49. The van der Waals surface area contributed by atoms with E-state index in [1.807, 2.05) is 37.5 Å². The highest BCUT2D eigenvalue weighted by Gasteiger charge is 2.37. The molecule has 0 amide bonds. The fourth-order valence-corrected chi connectivity index (χ4v) is 5.07. The molecule has 1 saturated carbocycles. The van der Waals surface area contributed by atoms with Crippen LogP contribution in [-0.2, 0) is 26.3 Å². The Kier molecular flexibility index (Phi) is 4.63. The number of nitrogens with zero attached hydrogens (tertiary/aromatic N) is 2. The zero-order chi connectivity index (χ0) is 21.8. The predicted octanol–water partition coefficient (Wildman–Crippen LogP) is 3.98. The summed E-state index contributed by atoms with van der Waals surface area (Å²) < 4.78 is 7.33. The maximum Gasteiger partial charge on any atom is 0.337 e. The summed E-state index contributed by atoms with van der Waals surface area (Å²) in [6.07, 6.45) is 7.04. The van der Waals surface area contributed by atoms with Crippen molar-refractivity contribution in [2.45, 2.75) is 44.1 Å². The molecule has 3 aromatic rings. The van der Waals surface area contributed by atoms with E-state index in [-0.39, 0.29) is 5.54 Å². The molecule has 3 N–H and O–H groups in total. The SMILES string of the molecule is COc1ccc(-c2cc3c(cn2)CCc2c(C(=O)O)c(CC4(N)CCC4)n(C)c2-3)cc1. The molecule has 2 aliphatic carbocycles. The van der Waals surface area contributed by atoms with Crippen LogP contribution in [0.4, 0.5) is 0 Å². The van der Waals surface area contributed by atoms with E-state index in [1.165, 1.54) is 0 Å². The van der Waals surface area contributed by atoms with Crippen molar-refractivity contribution in [3.8, 4) is 28.3 Å². The van der Waals surface area contributed by atoms with Gasteiger partial charge in [0.05, 0.1) is 24.1 Å². The first-order chi connectivity index (χ1) is 14.9. The molecule has 0 radical (unpaired) electrons. The van der Waals surface area contributed by atoms with Crippen LogP contribution in [-0.4, -0.2) is 33.3 Å². The summed E-state index contributed by atoms with van der Waals surface area (Å²) in [5.41, 5.74) is 13.5. The molecule has 0 aliphatic heterocycles. The number of aromatic nitrogens is 2. The van der Waals surface area contributed by atoms with E-state index < -0.39 is 5.97 Å². The monoisotopic (exact) mass is 417 g/mol. The maximum absolute atomic E-state index is 12.3. The largest absolute Gasteiger partial charge is 0.497 e. The van der Waals surface area contributed by atoms with Gasteiger partial charge < -0.3 is 20.1 Å². The number of nitrogens with two attached hydrogens (primary N) is 1. The summed E-state index contributed by atoms with van der Waals surface area (Å²) in [5, 5.41) is 10.1. The summed E-state index contributed by atoms with van der Waals surface area (Å²) in [7, 11) is 3.63. The Hall–Kier alpha value is -3.12. The minimum atomic E-state index is -0.859. The summed E-state index contributed by atoms with van der Waals surface area (Å²) in [6.45, 7) is 0. The number of methoxy groups -OCH3 is 1. The van der Waals surface area contributed by atoms with Crippen LogP contribution in [0.15, 0.2) is 36.5 Å². The van der Waals surface area contributed by atoms with Crippen molar-refractivity contribution in [2.75, 3.05) is 7.11 Å². The van der Waals surface area contributed by atoms with Crippen LogP contribution in [0, 0.1) is 0 Å². The number of ether oxygens (including phenoxy) is 1. The lowest BCUT2D eigenvalue weighted by atomic mass is 9.74. The molecule has 0 unspecified atom stereocenters. The van der Waals surface area contributed by atoms with Gasteiger partial charge >= 0.3 is 5.97 Å². The normalized spacial score (nSPS) is 16.2. The van der Waals surface area contributed by atoms with Crippen molar-refractivity contribution < 1.29 is 14.6 Å². The van der Waals surface area contributed by atoms with Gasteiger partial charge in [0.15, 0.2) is 0 Å². The molecule has 31 heavy (non-hydrogen) atoms. The molecule has 160 valence electrons. The summed E-state index contributed by atoms with van der Waals surface area (Å²) in [4.78, 5) is 17.0. The second-order valence-electron chi connectivity index (χ2n) is 8.86. The third-order valence-electron chi connectivity index (χ3n) is 6.97. The number of hydrogen-bond donors (Lipinski definition) is 2. The topological polar surface area (TPSA) is 90.4 Å². The van der Waals surface area contributed by atoms with Crippen molar-refractivity contribution >= 4 is 5.97 Å². The first kappa shape index (κ1) is 19.8. The molecule has 2 heterocycles. The zero-order valence-electron chi connectivity index (χ0n) is 17.9. The van der Waals surface area contributed by atoms with Gasteiger partial charge in [-0.1, -0.05) is 0 Å². The Morgan fingerprint density at radius 3 is 2.61 bits per heavy atom. The molecule has 6 nitrogen and oxygen atoms in total. The van der Waals surface area contributed by atoms with E-state index in [2.05, 4.69) is 15.6 Å². The lowest BCUT2D eigenvalue weighted by Gasteiger charge is -2.38. The van der Waals surface area contributed by atoms with E-state index in [0.717, 1.165) is 70.8 Å². The molecule has 0 saturated heterocycles. The Morgan fingerprint density at radius 2 is 2.00 bits per heavy atom. The molecular formula is C25H27N3O3. The number of aryl methyl sites for hydroxylation is 1. The van der Waals surface area contributed by atoms with Crippen molar-refractivity contribution in [3.05, 3.63) is 58.9 Å². The van der Waals surface area contributed by atoms with Gasteiger partial charge in [-0.15, -0.1) is 0 Å². The van der Waals surface area contributed by atoms with Crippen LogP contribution in [0.5, 0.6) is 5.75 Å². The molecule has 0 spiro atoms. The third-order valence-corrected chi connectivity index (χ3v) is 6.97. The average molecular weight is 418 g/mol. The minimum absolute atomic E-state index is 0.283. The van der Waals surface area contributed by atoms with Gasteiger partial charge in [-0.3, -0.25) is 4.98 Å². The summed E-state index contributed by atoms with van der Waals surface area (Å²) in [6, 6.07) is 9.91. The number of fused-ring (bicyclic) bond motifs is 3. The number of hydrogen-bond acceptors (Lipinski definition) is 4. The van der Waals surface area contributed by atoms with Crippen LogP contribution in [0.25, 0.3) is 22.5 Å². The van der Waals surface area contributed by atoms with Crippen LogP contribution in [0.1, 0.15) is 46.4 Å². The molecule has 1 aromatic carbocycles. The van der Waals surface area contributed by atoms with Gasteiger partial charge in [-0.05, 0) is 73.6 Å². The number of rotatable bonds is 5. The smallest absolute Gasteiger partial charge is 0.337 e. The Balaban J connectivity index is 1.64. The van der Waals surface area contributed by atoms with E-state index in [0.29, 0.717) is 18.4 Å². The van der Waals surface area contributed by atoms with Crippen LogP contribution in [0.3, 0.4) is 0 Å². The second kappa shape index (κ2) is 7.24. The van der Waals surface area contributed by atoms with Gasteiger partial charge in [0, 0.05) is 42.0 Å². The van der Waals surface area contributed by atoms with E-state index in [4.69, 9.17) is 10.5 Å². The van der Waals surface area contributed by atoms with Crippen LogP contribution >= 0.6 is 0 Å². The molecule has 1 fully saturated rings. The first-order valence-electron chi connectivity index (χ1n) is 10.8. The fourth-order valence-electron chi connectivity index (χ4n) is 5.07. The van der Waals surface area contributed by atoms with E-state index in [9.17, 15) is 9.90 Å². The van der Waals surface area contributed by atoms with Crippen LogP contribution < -0.4 is 10.5 Å². The van der Waals surface area contributed by atoms with E-state index >= 15 is 0 Å². The van der Waals surface area contributed by atoms with Gasteiger partial charge in [0.1, 0.15) is 5.75 Å². The zero-order valence-corrected chi connectivity index (χ0v) is 17.9. The summed E-state index contributed by atoms with van der Waals surface area (Å²) in [5.74, 6) is -0.0588. The van der Waals surface area contributed by atoms with Crippen molar-refractivity contribution in [1.29, 1.82) is 0 Å². The van der Waals surface area contributed by atoms with Crippen molar-refractivity contribution in [1.82, 2.24) is 9.55 Å². The maximum atomic E-state index is 12.3. The quantitative estimate of drug-likeness (QED) is 0.655. The molecule has 2 aromatic heterocycles. The number of pyridine rings is 1. The second-order valence-corrected chi connectivity index (χ2v) is 8.86. The first-order valence-corrected chi connectivity index (χ1v) is 10.8. The third kappa shape index (κ3) is 3.22. The highest BCUT2D eigenvalue weighted by molar-refractivity contribution is 5.95. The van der Waals surface area contributed by atoms with Gasteiger partial charge in [-0.25, -0.2) is 4.79 Å². The fraction of sp³-hybridized carbons (Fsp3) is 0.360. The average Bonchev–Trinajstić information content (AvgIpc) is 3.04. The Bertz CT molecular complexity index is 1170. The molecule has 5 rings (SSSR count). The Labute approximate surface area is 181 Å². The highest BCUT2D eigenvalue weighted by Crippen LogP contribution is 2.42. The molecule has 0 bridgehead atoms. The van der Waals surface area contributed by atoms with Crippen molar-refractivity contribution in [3.63, 3.8) is 0 Å². The number of carboxylic acid groups (broad SMARTS) is 1. The highest BCUT2D eigenvalue weighted by atomic mass is 16.5. The standard InChI is InChI=1S/C25H27N3O3/c1-28-21(13-25(26)10-3-11-25)22(24(29)30)18-9-6-16-14-27-20(12-19(16)23(18)28)15-4-7-17(31-2)8-5-15/h4-5,7-8,12,14H,3,6,9-11,13,26H2,1-2H3,(H,29,30). The predicted molar refractivity (Wildman–Crippen MR) is 119 cm³/mol. The van der Waals surface area contributed by atoms with Crippen molar-refractivity contribution in [2.24, 2.45) is 12.8 Å². The van der Waals surface area contributed by atoms with Gasteiger partial charge in [0.2, 0.25) is 0 Å². The number of carbonyl (C=O) groups is 1. The van der Waals surface area contributed by atoms with Crippen LogP contribution in [0.2, 0.25) is 0 Å². The molecule has 6 heteroatoms. The lowest BCUT2D eigenvalue weighted by molar-refractivity contribution is 0.0693. The van der Waals surface area contributed by atoms with E-state index in [1.54, 1.807) is 7.11 Å². The molecule has 2 aliphatic rings. The molecular weight excluding hydrogens is 390 g/mol. The minimum Gasteiger partial charge on any atom is -0.497 e. The summed E-state index contributed by atoms with van der Waals surface area (Å²) >= 11 is 0. The van der Waals surface area contributed by atoms with Gasteiger partial charge in [0.25, 0.3) is 0 Å². The number of aromatic carboxylic acids is 1. The number of carboxylic acids is 1.